The van der Waals surface area contributed by atoms with Crippen molar-refractivity contribution in [3.05, 3.63) is 35.6 Å². The van der Waals surface area contributed by atoms with E-state index in [1.165, 1.54) is 18.6 Å². The largest absolute Gasteiger partial charge is 0.379 e. The van der Waals surface area contributed by atoms with Gasteiger partial charge in [0.15, 0.2) is 0 Å². The maximum absolute atomic E-state index is 13.3. The highest BCUT2D eigenvalue weighted by Crippen LogP contribution is 2.25. The first-order chi connectivity index (χ1) is 12.2. The van der Waals surface area contributed by atoms with Crippen molar-refractivity contribution in [2.75, 3.05) is 52.5 Å². The van der Waals surface area contributed by atoms with Crippen molar-refractivity contribution < 1.29 is 13.9 Å². The van der Waals surface area contributed by atoms with E-state index >= 15 is 0 Å². The average Bonchev–Trinajstić information content (AvgIpc) is 2.65. The Kier molecular flexibility index (Phi) is 6.78. The summed E-state index contributed by atoms with van der Waals surface area (Å²) in [6.45, 7) is 6.67. The molecular formula is C19H28FN3O2. The number of amides is 1. The van der Waals surface area contributed by atoms with Gasteiger partial charge in [-0.3, -0.25) is 14.6 Å². The number of ether oxygens (including phenoxy) is 1. The van der Waals surface area contributed by atoms with E-state index in [0.29, 0.717) is 6.54 Å². The van der Waals surface area contributed by atoms with Crippen LogP contribution in [0, 0.1) is 5.82 Å². The Labute approximate surface area is 149 Å². The molecule has 2 fully saturated rings. The summed E-state index contributed by atoms with van der Waals surface area (Å²) in [6.07, 6.45) is 3.43. The van der Waals surface area contributed by atoms with E-state index in [1.54, 1.807) is 12.1 Å². The average molecular weight is 349 g/mol. The van der Waals surface area contributed by atoms with Crippen molar-refractivity contribution >= 4 is 5.91 Å². The Hall–Kier alpha value is -1.50. The van der Waals surface area contributed by atoms with Gasteiger partial charge < -0.3 is 10.1 Å². The fourth-order valence-corrected chi connectivity index (χ4v) is 3.61. The van der Waals surface area contributed by atoms with E-state index in [-0.39, 0.29) is 17.8 Å². The maximum Gasteiger partial charge on any atom is 0.242 e. The summed E-state index contributed by atoms with van der Waals surface area (Å²) in [7, 11) is 0. The molecule has 3 rings (SSSR count). The molecule has 2 aliphatic rings. The number of nitrogens with zero attached hydrogens (tertiary/aromatic N) is 2. The second-order valence-electron chi connectivity index (χ2n) is 6.80. The monoisotopic (exact) mass is 349 g/mol. The lowest BCUT2D eigenvalue weighted by atomic mass is 10.0. The lowest BCUT2D eigenvalue weighted by Gasteiger charge is -2.34. The number of rotatable bonds is 6. The van der Waals surface area contributed by atoms with Crippen LogP contribution >= 0.6 is 0 Å². The third kappa shape index (κ3) is 5.23. The minimum Gasteiger partial charge on any atom is -0.379 e. The summed E-state index contributed by atoms with van der Waals surface area (Å²) in [6, 6.07) is 6.01. The van der Waals surface area contributed by atoms with Crippen LogP contribution in [0.3, 0.4) is 0 Å². The molecule has 1 atom stereocenters. The predicted octanol–water partition coefficient (Wildman–Crippen LogP) is 1.80. The second-order valence-corrected chi connectivity index (χ2v) is 6.80. The lowest BCUT2D eigenvalue weighted by Crippen LogP contribution is -2.46. The van der Waals surface area contributed by atoms with Gasteiger partial charge in [0.25, 0.3) is 0 Å². The fourth-order valence-electron chi connectivity index (χ4n) is 3.61. The van der Waals surface area contributed by atoms with Crippen LogP contribution in [0.2, 0.25) is 0 Å². The lowest BCUT2D eigenvalue weighted by molar-refractivity contribution is -0.127. The number of benzene rings is 1. The quantitative estimate of drug-likeness (QED) is 0.851. The maximum atomic E-state index is 13.3. The molecule has 2 saturated heterocycles. The zero-order valence-corrected chi connectivity index (χ0v) is 14.8. The molecule has 0 radical (unpaired) electrons. The number of hydrogen-bond donors (Lipinski definition) is 1. The van der Waals surface area contributed by atoms with Crippen molar-refractivity contribution in [1.82, 2.24) is 15.1 Å². The van der Waals surface area contributed by atoms with Gasteiger partial charge in [-0.2, -0.15) is 0 Å². The molecule has 1 amide bonds. The topological polar surface area (TPSA) is 44.8 Å². The van der Waals surface area contributed by atoms with Gasteiger partial charge in [-0.05, 0) is 43.6 Å². The predicted molar refractivity (Wildman–Crippen MR) is 94.8 cm³/mol. The van der Waals surface area contributed by atoms with Crippen LogP contribution in [0.1, 0.15) is 30.9 Å². The van der Waals surface area contributed by atoms with Gasteiger partial charge in [0.1, 0.15) is 11.9 Å². The van der Waals surface area contributed by atoms with Gasteiger partial charge >= 0.3 is 0 Å². The number of likely N-dealkylation sites (tertiary alicyclic amines) is 1. The number of carbonyl (C=O) groups excluding carboxylic acids is 1. The zero-order chi connectivity index (χ0) is 17.5. The van der Waals surface area contributed by atoms with Crippen LogP contribution < -0.4 is 5.32 Å². The zero-order valence-electron chi connectivity index (χ0n) is 14.8. The van der Waals surface area contributed by atoms with Crippen LogP contribution in [0.25, 0.3) is 0 Å². The molecular weight excluding hydrogens is 321 g/mol. The fraction of sp³-hybridized carbons (Fsp3) is 0.632. The molecule has 1 aromatic rings. The molecule has 1 aromatic carbocycles. The normalized spacial score (nSPS) is 21.0. The first-order valence-corrected chi connectivity index (χ1v) is 9.31. The highest BCUT2D eigenvalue weighted by atomic mass is 19.1. The summed E-state index contributed by atoms with van der Waals surface area (Å²) in [4.78, 5) is 17.4. The summed E-state index contributed by atoms with van der Waals surface area (Å²) in [5.74, 6) is -0.254. The van der Waals surface area contributed by atoms with Crippen molar-refractivity contribution in [3.8, 4) is 0 Å². The Morgan fingerprint density at radius 1 is 1.08 bits per heavy atom. The van der Waals surface area contributed by atoms with Gasteiger partial charge in [0.05, 0.1) is 13.2 Å². The SMILES string of the molecule is O=C(NCCN1CCOCC1)C(c1ccc(F)cc1)N1CCCCC1. The number of nitrogens with one attached hydrogen (secondary N) is 1. The van der Waals surface area contributed by atoms with Gasteiger partial charge in [-0.15, -0.1) is 0 Å². The molecule has 138 valence electrons. The third-order valence-corrected chi connectivity index (χ3v) is 5.02. The van der Waals surface area contributed by atoms with E-state index < -0.39 is 0 Å². The molecule has 2 heterocycles. The van der Waals surface area contributed by atoms with Crippen LogP contribution in [-0.4, -0.2) is 68.2 Å². The Morgan fingerprint density at radius 3 is 2.44 bits per heavy atom. The molecule has 1 unspecified atom stereocenters. The molecule has 6 heteroatoms. The first-order valence-electron chi connectivity index (χ1n) is 9.31. The molecule has 0 aromatic heterocycles. The van der Waals surface area contributed by atoms with Crippen molar-refractivity contribution in [2.45, 2.75) is 25.3 Å². The minimum absolute atomic E-state index is 0.0155. The molecule has 0 aliphatic carbocycles. The van der Waals surface area contributed by atoms with E-state index in [1.807, 2.05) is 0 Å². The number of halogens is 1. The Morgan fingerprint density at radius 2 is 1.76 bits per heavy atom. The molecule has 0 spiro atoms. The van der Waals surface area contributed by atoms with E-state index in [2.05, 4.69) is 15.1 Å². The molecule has 0 bridgehead atoms. The van der Waals surface area contributed by atoms with Gasteiger partial charge in [0, 0.05) is 26.2 Å². The Balaban J connectivity index is 1.61. The summed E-state index contributed by atoms with van der Waals surface area (Å²) < 4.78 is 18.6. The van der Waals surface area contributed by atoms with Crippen molar-refractivity contribution in [1.29, 1.82) is 0 Å². The van der Waals surface area contributed by atoms with Crippen LogP contribution in [-0.2, 0) is 9.53 Å². The molecule has 5 nitrogen and oxygen atoms in total. The van der Waals surface area contributed by atoms with Crippen LogP contribution in [0.4, 0.5) is 4.39 Å². The number of morpholine rings is 1. The molecule has 0 saturated carbocycles. The Bertz CT molecular complexity index is 540. The van der Waals surface area contributed by atoms with Crippen LogP contribution in [0.15, 0.2) is 24.3 Å². The number of carbonyl (C=O) groups is 1. The number of hydrogen-bond acceptors (Lipinski definition) is 4. The smallest absolute Gasteiger partial charge is 0.242 e. The molecule has 1 N–H and O–H groups in total. The van der Waals surface area contributed by atoms with Crippen molar-refractivity contribution in [2.24, 2.45) is 0 Å². The standard InChI is InChI=1S/C19H28FN3O2/c20-17-6-4-16(5-7-17)18(23-9-2-1-3-10-23)19(24)21-8-11-22-12-14-25-15-13-22/h4-7,18H,1-3,8-15H2,(H,21,24). The van der Waals surface area contributed by atoms with E-state index in [0.717, 1.165) is 64.3 Å². The summed E-state index contributed by atoms with van der Waals surface area (Å²) in [5, 5.41) is 3.08. The second kappa shape index (κ2) is 9.27. The minimum atomic E-state index is -0.328. The number of piperidine rings is 1. The summed E-state index contributed by atoms with van der Waals surface area (Å²) >= 11 is 0. The molecule has 25 heavy (non-hydrogen) atoms. The van der Waals surface area contributed by atoms with Crippen LogP contribution in [0.5, 0.6) is 0 Å². The highest BCUT2D eigenvalue weighted by molar-refractivity contribution is 5.83. The van der Waals surface area contributed by atoms with Gasteiger partial charge in [0.2, 0.25) is 5.91 Å². The van der Waals surface area contributed by atoms with Gasteiger partial charge in [-0.1, -0.05) is 18.6 Å². The summed E-state index contributed by atoms with van der Waals surface area (Å²) in [5.41, 5.74) is 0.868. The molecule has 2 aliphatic heterocycles. The van der Waals surface area contributed by atoms with Gasteiger partial charge in [-0.25, -0.2) is 4.39 Å². The van der Waals surface area contributed by atoms with Crippen molar-refractivity contribution in [3.63, 3.8) is 0 Å². The van der Waals surface area contributed by atoms with E-state index in [9.17, 15) is 9.18 Å². The highest BCUT2D eigenvalue weighted by Gasteiger charge is 2.28. The third-order valence-electron chi connectivity index (χ3n) is 5.02. The first kappa shape index (κ1) is 18.3. The van der Waals surface area contributed by atoms with E-state index in [4.69, 9.17) is 4.74 Å².